The quantitative estimate of drug-likeness (QED) is 0.245. The highest BCUT2D eigenvalue weighted by Crippen LogP contribution is 2.35. The highest BCUT2D eigenvalue weighted by molar-refractivity contribution is 7.15. The lowest BCUT2D eigenvalue weighted by molar-refractivity contribution is 0.305. The second kappa shape index (κ2) is 9.24. The Hall–Kier alpha value is -4.82. The van der Waals surface area contributed by atoms with Crippen LogP contribution in [0.15, 0.2) is 91.4 Å². The number of para-hydroxylation sites is 1. The zero-order valence-corrected chi connectivity index (χ0v) is 21.3. The fourth-order valence-corrected chi connectivity index (χ4v) is 5.46. The number of benzene rings is 2. The Morgan fingerprint density at radius 3 is 2.66 bits per heavy atom. The molecular weight excluding hydrogens is 492 g/mol. The van der Waals surface area contributed by atoms with Crippen molar-refractivity contribution in [2.24, 2.45) is 0 Å². The van der Waals surface area contributed by atoms with E-state index in [1.54, 1.807) is 23.7 Å². The summed E-state index contributed by atoms with van der Waals surface area (Å²) in [6, 6.07) is 24.6. The summed E-state index contributed by atoms with van der Waals surface area (Å²) in [6.07, 6.45) is 5.35. The largest absolute Gasteiger partial charge is 0.487 e. The van der Waals surface area contributed by atoms with Crippen LogP contribution in [0.3, 0.4) is 0 Å². The monoisotopic (exact) mass is 514 g/mol. The second-order valence-corrected chi connectivity index (χ2v) is 10.4. The number of nitrogens with one attached hydrogen (secondary N) is 2. The van der Waals surface area contributed by atoms with E-state index in [2.05, 4.69) is 62.4 Å². The van der Waals surface area contributed by atoms with Gasteiger partial charge in [0, 0.05) is 38.8 Å². The number of imidazole rings is 1. The number of aromatic amines is 2. The Morgan fingerprint density at radius 2 is 1.79 bits per heavy atom. The van der Waals surface area contributed by atoms with E-state index >= 15 is 0 Å². The van der Waals surface area contributed by atoms with Crippen LogP contribution in [-0.2, 0) is 6.61 Å². The highest BCUT2D eigenvalue weighted by atomic mass is 32.1. The van der Waals surface area contributed by atoms with Crippen LogP contribution in [0.5, 0.6) is 5.75 Å². The standard InChI is InChI=1S/C30H22N6OS/c1-18-10-11-26(38-18)23-8-5-9-25-27(23)34-30(33-25)28-24-13-21(15-32-29(24)36-35-28)20-12-22(16-31-14-20)37-17-19-6-3-2-4-7-19/h2-16H,17H2,1H3,(H,33,34)(H,32,35,36). The van der Waals surface area contributed by atoms with E-state index in [-0.39, 0.29) is 0 Å². The first kappa shape index (κ1) is 22.4. The highest BCUT2D eigenvalue weighted by Gasteiger charge is 2.16. The molecule has 0 spiro atoms. The van der Waals surface area contributed by atoms with Gasteiger partial charge in [0.1, 0.15) is 18.1 Å². The first-order valence-corrected chi connectivity index (χ1v) is 13.0. The van der Waals surface area contributed by atoms with Crippen molar-refractivity contribution >= 4 is 33.4 Å². The van der Waals surface area contributed by atoms with E-state index in [1.807, 2.05) is 48.7 Å². The van der Waals surface area contributed by atoms with Crippen LogP contribution in [0.2, 0.25) is 0 Å². The predicted octanol–water partition coefficient (Wildman–Crippen LogP) is 7.18. The van der Waals surface area contributed by atoms with Gasteiger partial charge in [-0.3, -0.25) is 10.1 Å². The molecule has 7 rings (SSSR count). The number of ether oxygens (including phenoxy) is 1. The maximum atomic E-state index is 5.99. The van der Waals surface area contributed by atoms with Crippen molar-refractivity contribution in [2.45, 2.75) is 13.5 Å². The molecule has 0 saturated carbocycles. The van der Waals surface area contributed by atoms with Crippen molar-refractivity contribution in [2.75, 3.05) is 0 Å². The number of H-pyrrole nitrogens is 2. The van der Waals surface area contributed by atoms with Gasteiger partial charge in [0.2, 0.25) is 0 Å². The van der Waals surface area contributed by atoms with Gasteiger partial charge in [0.15, 0.2) is 11.5 Å². The van der Waals surface area contributed by atoms with Crippen LogP contribution in [-0.4, -0.2) is 30.1 Å². The molecule has 0 atom stereocenters. The smallest absolute Gasteiger partial charge is 0.181 e. The lowest BCUT2D eigenvalue weighted by Crippen LogP contribution is -1.96. The van der Waals surface area contributed by atoms with Gasteiger partial charge >= 0.3 is 0 Å². The number of hydrogen-bond acceptors (Lipinski definition) is 6. The second-order valence-electron chi connectivity index (χ2n) is 9.07. The molecule has 7 aromatic rings. The molecule has 5 heterocycles. The zero-order chi connectivity index (χ0) is 25.5. The van der Waals surface area contributed by atoms with Crippen molar-refractivity contribution in [3.05, 3.63) is 102 Å². The molecule has 2 aromatic carbocycles. The summed E-state index contributed by atoms with van der Waals surface area (Å²) in [5.41, 5.74) is 7.38. The Kier molecular flexibility index (Phi) is 5.44. The van der Waals surface area contributed by atoms with Crippen LogP contribution >= 0.6 is 11.3 Å². The Bertz CT molecular complexity index is 1900. The summed E-state index contributed by atoms with van der Waals surface area (Å²) in [4.78, 5) is 19.9. The lowest BCUT2D eigenvalue weighted by Gasteiger charge is -2.08. The molecule has 0 amide bonds. The fourth-order valence-electron chi connectivity index (χ4n) is 4.56. The number of nitrogens with zero attached hydrogens (tertiary/aromatic N) is 4. The van der Waals surface area contributed by atoms with Gasteiger partial charge in [0.25, 0.3) is 0 Å². The maximum Gasteiger partial charge on any atom is 0.181 e. The van der Waals surface area contributed by atoms with E-state index < -0.39 is 0 Å². The molecule has 0 bridgehead atoms. The van der Waals surface area contributed by atoms with E-state index in [0.717, 1.165) is 50.2 Å². The molecule has 0 radical (unpaired) electrons. The minimum absolute atomic E-state index is 0.480. The average Bonchev–Trinajstić information content (AvgIpc) is 3.70. The third-order valence-corrected chi connectivity index (χ3v) is 7.49. The minimum Gasteiger partial charge on any atom is -0.487 e. The Labute approximate surface area is 222 Å². The Morgan fingerprint density at radius 1 is 0.895 bits per heavy atom. The van der Waals surface area contributed by atoms with Gasteiger partial charge in [-0.1, -0.05) is 42.5 Å². The van der Waals surface area contributed by atoms with E-state index in [1.165, 1.54) is 9.75 Å². The van der Waals surface area contributed by atoms with Crippen molar-refractivity contribution in [3.63, 3.8) is 0 Å². The maximum absolute atomic E-state index is 5.99. The number of hydrogen-bond donors (Lipinski definition) is 2. The molecule has 38 heavy (non-hydrogen) atoms. The van der Waals surface area contributed by atoms with Crippen molar-refractivity contribution in [1.29, 1.82) is 0 Å². The zero-order valence-electron chi connectivity index (χ0n) is 20.5. The van der Waals surface area contributed by atoms with Crippen LogP contribution in [0, 0.1) is 6.92 Å². The number of rotatable bonds is 6. The van der Waals surface area contributed by atoms with Gasteiger partial charge in [-0.2, -0.15) is 5.10 Å². The number of thiophene rings is 1. The topological polar surface area (TPSA) is 92.4 Å². The van der Waals surface area contributed by atoms with Gasteiger partial charge in [-0.15, -0.1) is 11.3 Å². The molecule has 184 valence electrons. The summed E-state index contributed by atoms with van der Waals surface area (Å²) in [5.74, 6) is 1.42. The SMILES string of the molecule is Cc1ccc(-c2cccc3[nH]c(-c4[nH]nc5ncc(-c6cncc(OCc7ccccc7)c6)cc45)nc23)s1. The molecule has 0 aliphatic heterocycles. The van der Waals surface area contributed by atoms with E-state index in [0.29, 0.717) is 18.0 Å². The normalized spacial score (nSPS) is 11.4. The summed E-state index contributed by atoms with van der Waals surface area (Å²) in [5, 5.41) is 8.45. The molecular formula is C30H22N6OS. The first-order chi connectivity index (χ1) is 18.7. The molecule has 0 fully saturated rings. The third-order valence-electron chi connectivity index (χ3n) is 6.46. The first-order valence-electron chi connectivity index (χ1n) is 12.2. The van der Waals surface area contributed by atoms with Crippen LogP contribution in [0.4, 0.5) is 0 Å². The predicted molar refractivity (Wildman–Crippen MR) is 151 cm³/mol. The molecule has 0 aliphatic carbocycles. The fraction of sp³-hybridized carbons (Fsp3) is 0.0667. The van der Waals surface area contributed by atoms with E-state index in [4.69, 9.17) is 9.72 Å². The molecule has 8 heteroatoms. The van der Waals surface area contributed by atoms with Crippen molar-refractivity contribution < 1.29 is 4.74 Å². The average molecular weight is 515 g/mol. The third kappa shape index (κ3) is 4.10. The van der Waals surface area contributed by atoms with Gasteiger partial charge in [0.05, 0.1) is 22.6 Å². The van der Waals surface area contributed by atoms with E-state index in [9.17, 15) is 0 Å². The van der Waals surface area contributed by atoms with Gasteiger partial charge in [-0.25, -0.2) is 9.97 Å². The van der Waals surface area contributed by atoms with Gasteiger partial charge < -0.3 is 9.72 Å². The summed E-state index contributed by atoms with van der Waals surface area (Å²) in [6.45, 7) is 2.60. The molecule has 2 N–H and O–H groups in total. The number of pyridine rings is 2. The molecule has 0 aliphatic rings. The summed E-state index contributed by atoms with van der Waals surface area (Å²) < 4.78 is 5.99. The lowest BCUT2D eigenvalue weighted by atomic mass is 10.1. The minimum atomic E-state index is 0.480. The van der Waals surface area contributed by atoms with Crippen LogP contribution in [0.25, 0.3) is 55.2 Å². The van der Waals surface area contributed by atoms with Crippen molar-refractivity contribution in [1.82, 2.24) is 30.1 Å². The molecule has 0 saturated heterocycles. The summed E-state index contributed by atoms with van der Waals surface area (Å²) >= 11 is 1.77. The Balaban J connectivity index is 1.24. The molecule has 0 unspecified atom stereocenters. The number of aromatic nitrogens is 6. The van der Waals surface area contributed by atoms with Crippen LogP contribution in [0.1, 0.15) is 10.4 Å². The number of aryl methyl sites for hydroxylation is 1. The summed E-state index contributed by atoms with van der Waals surface area (Å²) in [7, 11) is 0. The molecule has 5 aromatic heterocycles. The van der Waals surface area contributed by atoms with Crippen LogP contribution < -0.4 is 4.74 Å². The van der Waals surface area contributed by atoms with Crippen molar-refractivity contribution in [3.8, 4) is 38.8 Å². The molecule has 7 nitrogen and oxygen atoms in total. The van der Waals surface area contributed by atoms with Gasteiger partial charge in [-0.05, 0) is 42.8 Å². The number of fused-ring (bicyclic) bond motifs is 2.